The summed E-state index contributed by atoms with van der Waals surface area (Å²) in [6, 6.07) is 58.7. The molecule has 0 unspecified atom stereocenters. The van der Waals surface area contributed by atoms with Gasteiger partial charge in [0.05, 0.1) is 0 Å². The molecule has 0 aliphatic rings. The Bertz CT molecular complexity index is 2820. The van der Waals surface area contributed by atoms with Crippen molar-refractivity contribution in [2.45, 2.75) is 0 Å². The Morgan fingerprint density at radius 3 is 1.45 bits per heavy atom. The maximum atomic E-state index is 2.46. The van der Waals surface area contributed by atoms with Gasteiger partial charge in [0, 0.05) is 0 Å². The summed E-state index contributed by atoms with van der Waals surface area (Å²) < 4.78 is 0. The van der Waals surface area contributed by atoms with Gasteiger partial charge in [0.15, 0.2) is 0 Å². The highest BCUT2D eigenvalue weighted by Crippen LogP contribution is 2.47. The van der Waals surface area contributed by atoms with E-state index in [2.05, 4.69) is 158 Å². The first-order chi connectivity index (χ1) is 21.8. The van der Waals surface area contributed by atoms with E-state index in [4.69, 9.17) is 0 Å². The van der Waals surface area contributed by atoms with E-state index < -0.39 is 0 Å². The molecule has 0 heterocycles. The number of hydrogen-bond donors (Lipinski definition) is 0. The zero-order valence-corrected chi connectivity index (χ0v) is 24.0. The van der Waals surface area contributed by atoms with Crippen LogP contribution in [0.15, 0.2) is 158 Å². The molecule has 0 aliphatic heterocycles. The Morgan fingerprint density at radius 2 is 0.727 bits per heavy atom. The van der Waals surface area contributed by atoms with E-state index in [0.717, 1.165) is 0 Å². The molecule has 0 spiro atoms. The molecule has 0 amide bonds. The highest BCUT2D eigenvalue weighted by Gasteiger charge is 2.19. The number of benzene rings is 9. The van der Waals surface area contributed by atoms with E-state index in [1.807, 2.05) is 0 Å². The van der Waals surface area contributed by atoms with Crippen molar-refractivity contribution >= 4 is 86.2 Å². The summed E-state index contributed by atoms with van der Waals surface area (Å²) in [4.78, 5) is 0. The van der Waals surface area contributed by atoms with Crippen LogP contribution in [0.2, 0.25) is 0 Å². The third-order valence-electron chi connectivity index (χ3n) is 9.77. The van der Waals surface area contributed by atoms with Crippen molar-refractivity contribution in [2.75, 3.05) is 0 Å². The van der Waals surface area contributed by atoms with E-state index in [1.54, 1.807) is 0 Å². The fourth-order valence-corrected chi connectivity index (χ4v) is 7.92. The fourth-order valence-electron chi connectivity index (χ4n) is 7.92. The van der Waals surface area contributed by atoms with Gasteiger partial charge in [-0.15, -0.1) is 0 Å². The lowest BCUT2D eigenvalue weighted by molar-refractivity contribution is 1.74. The quantitative estimate of drug-likeness (QED) is 0.140. The standard InChI is InChI=1S/C44H26/c1-3-14-30-27(11-1)23-24-39-40(30)25-28-12-2-4-15-31(28)43(39)41-26-29-13-9-20-36-34-18-7-5-16-32(34)33-17-6-8-19-35(33)37-21-10-22-38(41)44(37)42(29)36/h1-26H. The van der Waals surface area contributed by atoms with Crippen molar-refractivity contribution in [1.82, 2.24) is 0 Å². The summed E-state index contributed by atoms with van der Waals surface area (Å²) in [5.74, 6) is 0. The van der Waals surface area contributed by atoms with Gasteiger partial charge >= 0.3 is 0 Å². The summed E-state index contributed by atoms with van der Waals surface area (Å²) in [5.41, 5.74) is 2.60. The number of hydrogen-bond acceptors (Lipinski definition) is 0. The van der Waals surface area contributed by atoms with E-state index in [-0.39, 0.29) is 0 Å². The molecular formula is C44H26. The van der Waals surface area contributed by atoms with Crippen LogP contribution in [0.5, 0.6) is 0 Å². The van der Waals surface area contributed by atoms with Gasteiger partial charge in [-0.1, -0.05) is 146 Å². The monoisotopic (exact) mass is 554 g/mol. The highest BCUT2D eigenvalue weighted by atomic mass is 14.2. The van der Waals surface area contributed by atoms with Crippen molar-refractivity contribution in [3.05, 3.63) is 158 Å². The molecule has 0 heteroatoms. The Morgan fingerprint density at radius 1 is 0.227 bits per heavy atom. The van der Waals surface area contributed by atoms with Crippen molar-refractivity contribution in [3.63, 3.8) is 0 Å². The van der Waals surface area contributed by atoms with Crippen molar-refractivity contribution in [1.29, 1.82) is 0 Å². The van der Waals surface area contributed by atoms with Gasteiger partial charge < -0.3 is 0 Å². The first-order valence-electron chi connectivity index (χ1n) is 15.4. The van der Waals surface area contributed by atoms with Crippen LogP contribution in [0.3, 0.4) is 0 Å². The van der Waals surface area contributed by atoms with Crippen molar-refractivity contribution < 1.29 is 0 Å². The molecule has 0 bridgehead atoms. The highest BCUT2D eigenvalue weighted by molar-refractivity contribution is 6.35. The topological polar surface area (TPSA) is 0 Å². The molecule has 0 nitrogen and oxygen atoms in total. The van der Waals surface area contributed by atoms with E-state index in [9.17, 15) is 0 Å². The first kappa shape index (κ1) is 23.8. The Labute approximate surface area is 254 Å². The lowest BCUT2D eigenvalue weighted by Crippen LogP contribution is -1.91. The number of rotatable bonds is 1. The van der Waals surface area contributed by atoms with Gasteiger partial charge in [-0.2, -0.15) is 0 Å². The Kier molecular flexibility index (Phi) is 4.81. The molecule has 0 aliphatic carbocycles. The minimum Gasteiger partial charge on any atom is -0.0616 e. The largest absolute Gasteiger partial charge is 0.0616 e. The molecule has 0 radical (unpaired) electrons. The average molecular weight is 555 g/mol. The maximum absolute atomic E-state index is 2.46. The summed E-state index contributed by atoms with van der Waals surface area (Å²) >= 11 is 0. The Balaban J connectivity index is 1.51. The second kappa shape index (κ2) is 8.89. The zero-order valence-electron chi connectivity index (χ0n) is 24.0. The van der Waals surface area contributed by atoms with Gasteiger partial charge in [-0.25, -0.2) is 0 Å². The summed E-state index contributed by atoms with van der Waals surface area (Å²) in [6.07, 6.45) is 0. The molecule has 0 saturated heterocycles. The molecule has 44 heavy (non-hydrogen) atoms. The molecule has 10 rings (SSSR count). The zero-order chi connectivity index (χ0) is 28.8. The van der Waals surface area contributed by atoms with Gasteiger partial charge in [0.2, 0.25) is 0 Å². The predicted molar refractivity (Wildman–Crippen MR) is 192 cm³/mol. The van der Waals surface area contributed by atoms with Gasteiger partial charge in [0.1, 0.15) is 0 Å². The molecule has 0 atom stereocenters. The van der Waals surface area contributed by atoms with E-state index >= 15 is 0 Å². The van der Waals surface area contributed by atoms with Crippen molar-refractivity contribution in [2.24, 2.45) is 0 Å². The van der Waals surface area contributed by atoms with Crippen LogP contribution in [-0.2, 0) is 0 Å². The lowest BCUT2D eigenvalue weighted by Gasteiger charge is -2.19. The van der Waals surface area contributed by atoms with Crippen LogP contribution < -0.4 is 0 Å². The second-order valence-corrected chi connectivity index (χ2v) is 12.0. The summed E-state index contributed by atoms with van der Waals surface area (Å²) in [7, 11) is 0. The average Bonchev–Trinajstić information content (AvgIpc) is 3.09. The molecule has 202 valence electrons. The smallest absolute Gasteiger partial charge is 0.00141 e. The van der Waals surface area contributed by atoms with E-state index in [0.29, 0.717) is 0 Å². The third kappa shape index (κ3) is 3.17. The van der Waals surface area contributed by atoms with Gasteiger partial charge in [-0.05, 0) is 109 Å². The van der Waals surface area contributed by atoms with Gasteiger partial charge in [-0.3, -0.25) is 0 Å². The van der Waals surface area contributed by atoms with Crippen LogP contribution >= 0.6 is 0 Å². The molecule has 0 aromatic heterocycles. The number of fused-ring (bicyclic) bond motifs is 9. The van der Waals surface area contributed by atoms with E-state index in [1.165, 1.54) is 97.3 Å². The molecular weight excluding hydrogens is 528 g/mol. The Hall–Kier alpha value is -5.72. The molecule has 0 saturated carbocycles. The SMILES string of the molecule is c1ccc2c(-c3cc4cccc5c6ccccc6c6ccccc6c6cccc3c6c45)c3ccc4ccccc4c3cc2c1. The molecule has 0 fully saturated rings. The van der Waals surface area contributed by atoms with Gasteiger partial charge in [0.25, 0.3) is 0 Å². The normalized spacial score (nSPS) is 12.1. The predicted octanol–water partition coefficient (Wildman–Crippen LogP) is 12.6. The van der Waals surface area contributed by atoms with Crippen LogP contribution in [0, 0.1) is 0 Å². The molecule has 0 N–H and O–H groups in total. The minimum absolute atomic E-state index is 1.27. The minimum atomic E-state index is 1.27. The summed E-state index contributed by atoms with van der Waals surface area (Å²) in [6.45, 7) is 0. The van der Waals surface area contributed by atoms with Crippen LogP contribution in [0.4, 0.5) is 0 Å². The maximum Gasteiger partial charge on any atom is -0.00141 e. The van der Waals surface area contributed by atoms with Crippen LogP contribution in [0.25, 0.3) is 97.3 Å². The molecule has 10 aromatic carbocycles. The molecule has 10 aromatic rings. The third-order valence-corrected chi connectivity index (χ3v) is 9.77. The van der Waals surface area contributed by atoms with Crippen molar-refractivity contribution in [3.8, 4) is 11.1 Å². The van der Waals surface area contributed by atoms with Crippen LogP contribution in [-0.4, -0.2) is 0 Å². The second-order valence-electron chi connectivity index (χ2n) is 12.0. The lowest BCUT2D eigenvalue weighted by atomic mass is 9.84. The van der Waals surface area contributed by atoms with Crippen LogP contribution in [0.1, 0.15) is 0 Å². The fraction of sp³-hybridized carbons (Fsp3) is 0. The summed E-state index contributed by atoms with van der Waals surface area (Å²) in [5, 5.41) is 20.7. The first-order valence-corrected chi connectivity index (χ1v) is 15.4.